The Kier molecular flexibility index (Phi) is 14.8. The average molecular weight is 849 g/mol. The highest BCUT2D eigenvalue weighted by atomic mass is 79.9. The van der Waals surface area contributed by atoms with E-state index in [1.807, 2.05) is 0 Å². The summed E-state index contributed by atoms with van der Waals surface area (Å²) in [6.07, 6.45) is 13.4. The van der Waals surface area contributed by atoms with Gasteiger partial charge in [0, 0.05) is 29.3 Å². The van der Waals surface area contributed by atoms with Gasteiger partial charge in [-0.25, -0.2) is 9.97 Å². The summed E-state index contributed by atoms with van der Waals surface area (Å²) in [6.45, 7) is 10.2. The molecular formula is C38H44Br2N2O2S4. The van der Waals surface area contributed by atoms with Crippen LogP contribution in [0.2, 0.25) is 0 Å². The van der Waals surface area contributed by atoms with Gasteiger partial charge in [-0.15, -0.1) is 45.3 Å². The van der Waals surface area contributed by atoms with Crippen molar-refractivity contribution >= 4 is 89.4 Å². The number of halogens is 2. The van der Waals surface area contributed by atoms with E-state index >= 15 is 0 Å². The molecule has 5 heterocycles. The zero-order valence-corrected chi connectivity index (χ0v) is 34.5. The number of rotatable bonds is 18. The van der Waals surface area contributed by atoms with E-state index in [1.54, 1.807) is 45.3 Å². The van der Waals surface area contributed by atoms with Crippen molar-refractivity contribution in [3.8, 4) is 31.3 Å². The minimum Gasteiger partial charge on any atom is -0.476 e. The molecule has 5 aromatic heterocycles. The van der Waals surface area contributed by atoms with Gasteiger partial charge in [0.25, 0.3) is 0 Å². The molecule has 5 aromatic rings. The number of unbranched alkanes of at least 4 members (excludes halogenated alkanes) is 2. The van der Waals surface area contributed by atoms with E-state index in [1.165, 1.54) is 45.2 Å². The zero-order valence-electron chi connectivity index (χ0n) is 28.1. The maximum Gasteiger partial charge on any atom is 0.240 e. The van der Waals surface area contributed by atoms with Gasteiger partial charge in [-0.2, -0.15) is 0 Å². The van der Waals surface area contributed by atoms with Crippen LogP contribution in [-0.4, -0.2) is 23.2 Å². The van der Waals surface area contributed by atoms with Crippen molar-refractivity contribution in [3.63, 3.8) is 0 Å². The molecule has 4 nitrogen and oxygen atoms in total. The first kappa shape index (κ1) is 37.4. The molecule has 0 spiro atoms. The molecule has 0 N–H and O–H groups in total. The monoisotopic (exact) mass is 846 g/mol. The molecule has 0 saturated heterocycles. The van der Waals surface area contributed by atoms with Gasteiger partial charge in [-0.05, 0) is 117 Å². The fourth-order valence-corrected chi connectivity index (χ4v) is 10.2. The van der Waals surface area contributed by atoms with Gasteiger partial charge in [-0.1, -0.05) is 66.2 Å². The van der Waals surface area contributed by atoms with Crippen molar-refractivity contribution in [3.05, 3.63) is 76.6 Å². The Morgan fingerprint density at radius 2 is 0.979 bits per heavy atom. The van der Waals surface area contributed by atoms with Crippen LogP contribution in [0.15, 0.2) is 56.1 Å². The van der Waals surface area contributed by atoms with Crippen LogP contribution in [0, 0.1) is 11.8 Å². The summed E-state index contributed by atoms with van der Waals surface area (Å²) in [4.78, 5) is 17.5. The van der Waals surface area contributed by atoms with E-state index < -0.39 is 0 Å². The molecule has 0 aliphatic heterocycles. The second-order valence-electron chi connectivity index (χ2n) is 12.0. The lowest BCUT2D eigenvalue weighted by Gasteiger charge is -2.17. The number of nitrogens with zero attached hydrogens (tertiary/aromatic N) is 2. The van der Waals surface area contributed by atoms with E-state index in [-0.39, 0.29) is 0 Å². The Bertz CT molecular complexity index is 1720. The highest BCUT2D eigenvalue weighted by Crippen LogP contribution is 2.37. The number of aromatic nitrogens is 2. The molecule has 0 fully saturated rings. The molecule has 0 aliphatic rings. The minimum atomic E-state index is 0.474. The first-order valence-corrected chi connectivity index (χ1v) is 21.8. The van der Waals surface area contributed by atoms with Gasteiger partial charge >= 0.3 is 0 Å². The van der Waals surface area contributed by atoms with Crippen LogP contribution >= 0.6 is 77.2 Å². The molecule has 0 amide bonds. The van der Waals surface area contributed by atoms with Crippen molar-refractivity contribution in [2.45, 2.75) is 79.1 Å². The molecule has 0 saturated carbocycles. The average Bonchev–Trinajstić information content (AvgIpc) is 3.91. The van der Waals surface area contributed by atoms with Crippen LogP contribution in [0.1, 0.15) is 88.8 Å². The third kappa shape index (κ3) is 10.6. The Labute approximate surface area is 318 Å². The Morgan fingerprint density at radius 1 is 0.583 bits per heavy atom. The SMILES string of the molecule is CCCC[C@@H](CC)COc1n/c(=C\c2ccc(-c3ccc(Br)s3)s2)c(OC[C@@H](CC)CCCC)n/c1=C\c1ccc(-c2ccc(Br)s2)s1. The number of hydrogen-bond donors (Lipinski definition) is 0. The van der Waals surface area contributed by atoms with Gasteiger partial charge in [0.15, 0.2) is 0 Å². The summed E-state index contributed by atoms with van der Waals surface area (Å²) < 4.78 is 15.4. The third-order valence-electron chi connectivity index (χ3n) is 8.32. The van der Waals surface area contributed by atoms with Crippen LogP contribution < -0.4 is 20.2 Å². The molecule has 0 radical (unpaired) electrons. The van der Waals surface area contributed by atoms with Gasteiger partial charge < -0.3 is 9.47 Å². The Balaban J connectivity index is 1.58. The lowest BCUT2D eigenvalue weighted by molar-refractivity contribution is 0.211. The molecule has 0 unspecified atom stereocenters. The molecule has 0 aromatic carbocycles. The molecule has 0 aliphatic carbocycles. The third-order valence-corrected chi connectivity index (χ3v) is 14.0. The van der Waals surface area contributed by atoms with Crippen LogP contribution in [0.4, 0.5) is 0 Å². The first-order chi connectivity index (χ1) is 23.4. The van der Waals surface area contributed by atoms with E-state index in [9.17, 15) is 0 Å². The minimum absolute atomic E-state index is 0.474. The Hall–Kier alpha value is -1.82. The van der Waals surface area contributed by atoms with Gasteiger partial charge in [0.05, 0.1) is 20.8 Å². The summed E-state index contributed by atoms with van der Waals surface area (Å²) in [5.41, 5.74) is 0. The molecule has 10 heteroatoms. The predicted octanol–water partition coefficient (Wildman–Crippen LogP) is 12.4. The van der Waals surface area contributed by atoms with E-state index in [0.29, 0.717) is 47.5 Å². The predicted molar refractivity (Wildman–Crippen MR) is 217 cm³/mol. The maximum absolute atomic E-state index is 6.58. The number of thiophene rings is 4. The largest absolute Gasteiger partial charge is 0.476 e. The highest BCUT2D eigenvalue weighted by Gasteiger charge is 2.15. The van der Waals surface area contributed by atoms with Gasteiger partial charge in [0.2, 0.25) is 11.8 Å². The van der Waals surface area contributed by atoms with E-state index in [2.05, 4.69) is 120 Å². The van der Waals surface area contributed by atoms with Crippen LogP contribution in [0.5, 0.6) is 11.8 Å². The van der Waals surface area contributed by atoms with Crippen molar-refractivity contribution < 1.29 is 9.47 Å². The summed E-state index contributed by atoms with van der Waals surface area (Å²) in [7, 11) is 0. The van der Waals surface area contributed by atoms with Crippen molar-refractivity contribution in [2.75, 3.05) is 13.2 Å². The topological polar surface area (TPSA) is 44.2 Å². The van der Waals surface area contributed by atoms with Crippen LogP contribution in [0.3, 0.4) is 0 Å². The van der Waals surface area contributed by atoms with Gasteiger partial charge in [-0.3, -0.25) is 0 Å². The summed E-state index contributed by atoms with van der Waals surface area (Å²) >= 11 is 14.2. The van der Waals surface area contributed by atoms with Crippen LogP contribution in [0.25, 0.3) is 31.7 Å². The molecular weight excluding hydrogens is 805 g/mol. The van der Waals surface area contributed by atoms with Gasteiger partial charge in [0.1, 0.15) is 10.7 Å². The second kappa shape index (κ2) is 19.0. The molecule has 256 valence electrons. The molecule has 2 atom stereocenters. The van der Waals surface area contributed by atoms with Crippen molar-refractivity contribution in [1.82, 2.24) is 9.97 Å². The lowest BCUT2D eigenvalue weighted by Crippen LogP contribution is -2.28. The quantitative estimate of drug-likeness (QED) is 0.0881. The number of hydrogen-bond acceptors (Lipinski definition) is 8. The zero-order chi connectivity index (χ0) is 33.9. The Morgan fingerprint density at radius 3 is 1.33 bits per heavy atom. The standard InChI is InChI=1S/C38H44Br2N2O2S4/c1-5-9-11-25(7-3)23-43-37-29(21-27-13-15-31(45-27)33-17-19-35(39)47-33)42-38(44-24-26(8-4)12-10-6-2)30(41-37)22-28-14-16-32(46-28)34-18-20-36(40)48-34/h13-22,25-26H,5-12,23-24H2,1-4H3/b29-21-,30-22-/t25-,26+. The summed E-state index contributed by atoms with van der Waals surface area (Å²) in [6, 6.07) is 17.2. The fraction of sp³-hybridized carbons (Fsp3) is 0.421. The maximum atomic E-state index is 6.58. The first-order valence-electron chi connectivity index (χ1n) is 17.0. The molecule has 5 rings (SSSR count). The normalized spacial score (nSPS) is 13.7. The highest BCUT2D eigenvalue weighted by molar-refractivity contribution is 9.11. The van der Waals surface area contributed by atoms with E-state index in [0.717, 1.165) is 43.0 Å². The van der Waals surface area contributed by atoms with Crippen molar-refractivity contribution in [1.29, 1.82) is 0 Å². The molecule has 48 heavy (non-hydrogen) atoms. The number of ether oxygens (including phenoxy) is 2. The summed E-state index contributed by atoms with van der Waals surface area (Å²) in [5.74, 6) is 2.08. The lowest BCUT2D eigenvalue weighted by atomic mass is 10.0. The van der Waals surface area contributed by atoms with Crippen molar-refractivity contribution in [2.24, 2.45) is 11.8 Å². The van der Waals surface area contributed by atoms with Crippen LogP contribution in [-0.2, 0) is 0 Å². The smallest absolute Gasteiger partial charge is 0.240 e. The van der Waals surface area contributed by atoms with E-state index in [4.69, 9.17) is 19.4 Å². The second-order valence-corrected chi connectivity index (χ2v) is 19.1. The molecule has 0 bridgehead atoms. The summed E-state index contributed by atoms with van der Waals surface area (Å²) in [5, 5.41) is 1.43. The fourth-order valence-electron chi connectivity index (χ4n) is 5.31.